The second-order valence-corrected chi connectivity index (χ2v) is 7.96. The lowest BCUT2D eigenvalue weighted by Crippen LogP contribution is -2.52. The fourth-order valence-corrected chi connectivity index (χ4v) is 4.09. The van der Waals surface area contributed by atoms with Gasteiger partial charge >= 0.3 is 0 Å². The highest BCUT2D eigenvalue weighted by atomic mass is 16.5. The molecule has 2 aromatic carbocycles. The topological polar surface area (TPSA) is 50.8 Å². The molecule has 0 saturated carbocycles. The molecular weight excluding hydrogens is 364 g/mol. The number of amides is 1. The van der Waals surface area contributed by atoms with Gasteiger partial charge in [-0.2, -0.15) is 0 Å². The predicted octanol–water partition coefficient (Wildman–Crippen LogP) is 4.44. The van der Waals surface area contributed by atoms with E-state index in [1.54, 1.807) is 25.3 Å². The molecule has 156 valence electrons. The lowest BCUT2D eigenvalue weighted by Gasteiger charge is -2.42. The van der Waals surface area contributed by atoms with Crippen LogP contribution in [0.25, 0.3) is 0 Å². The maximum absolute atomic E-state index is 13.3. The Balaban J connectivity index is 1.93. The number of hydrogen-bond donors (Lipinski definition) is 1. The Morgan fingerprint density at radius 2 is 1.83 bits per heavy atom. The van der Waals surface area contributed by atoms with Gasteiger partial charge in [0.2, 0.25) is 0 Å². The number of nitrogens with one attached hydrogen (secondary N) is 1. The number of benzene rings is 2. The molecule has 1 atom stereocenters. The molecule has 1 aliphatic heterocycles. The third kappa shape index (κ3) is 4.73. The van der Waals surface area contributed by atoms with Crippen LogP contribution in [0.2, 0.25) is 0 Å². The SMILES string of the molecule is CCOc1cc(OC)ccc1C(=O)NC(c1ccccc1)C(C)(C)N1CCCC1. The monoisotopic (exact) mass is 396 g/mol. The zero-order chi connectivity index (χ0) is 20.9. The Labute approximate surface area is 174 Å². The highest BCUT2D eigenvalue weighted by molar-refractivity contribution is 5.97. The van der Waals surface area contributed by atoms with E-state index in [0.717, 1.165) is 18.7 Å². The lowest BCUT2D eigenvalue weighted by atomic mass is 9.86. The Morgan fingerprint density at radius 1 is 1.14 bits per heavy atom. The standard InChI is InChI=1S/C24H32N2O3/c1-5-29-21-17-19(28-4)13-14-20(21)23(27)25-22(18-11-7-6-8-12-18)24(2,3)26-15-9-10-16-26/h6-8,11-14,17,22H,5,9-10,15-16H2,1-4H3,(H,25,27). The van der Waals surface area contributed by atoms with Gasteiger partial charge in [-0.05, 0) is 64.4 Å². The summed E-state index contributed by atoms with van der Waals surface area (Å²) < 4.78 is 11.0. The van der Waals surface area contributed by atoms with Crippen molar-refractivity contribution in [3.05, 3.63) is 59.7 Å². The number of hydrogen-bond acceptors (Lipinski definition) is 4. The average Bonchev–Trinajstić information content (AvgIpc) is 3.28. The molecule has 5 nitrogen and oxygen atoms in total. The van der Waals surface area contributed by atoms with E-state index in [-0.39, 0.29) is 17.5 Å². The summed E-state index contributed by atoms with van der Waals surface area (Å²) in [5.74, 6) is 1.06. The molecule has 0 bridgehead atoms. The van der Waals surface area contributed by atoms with Gasteiger partial charge in [0.25, 0.3) is 5.91 Å². The molecule has 1 amide bonds. The normalized spacial score (nSPS) is 15.7. The van der Waals surface area contributed by atoms with Crippen LogP contribution in [0.4, 0.5) is 0 Å². The summed E-state index contributed by atoms with van der Waals surface area (Å²) in [4.78, 5) is 15.8. The van der Waals surface area contributed by atoms with E-state index in [4.69, 9.17) is 9.47 Å². The summed E-state index contributed by atoms with van der Waals surface area (Å²) in [6.07, 6.45) is 2.40. The van der Waals surface area contributed by atoms with E-state index in [2.05, 4.69) is 36.2 Å². The van der Waals surface area contributed by atoms with Crippen LogP contribution in [0.15, 0.2) is 48.5 Å². The van der Waals surface area contributed by atoms with E-state index in [1.165, 1.54) is 12.8 Å². The van der Waals surface area contributed by atoms with Crippen molar-refractivity contribution in [2.24, 2.45) is 0 Å². The molecule has 1 aliphatic rings. The molecule has 1 heterocycles. The summed E-state index contributed by atoms with van der Waals surface area (Å²) in [7, 11) is 1.61. The highest BCUT2D eigenvalue weighted by Crippen LogP contribution is 2.34. The van der Waals surface area contributed by atoms with Gasteiger partial charge in [-0.3, -0.25) is 9.69 Å². The smallest absolute Gasteiger partial charge is 0.255 e. The number of carbonyl (C=O) groups is 1. The number of rotatable bonds is 8. The summed E-state index contributed by atoms with van der Waals surface area (Å²) >= 11 is 0. The summed E-state index contributed by atoms with van der Waals surface area (Å²) in [5, 5.41) is 3.30. The molecule has 0 spiro atoms. The van der Waals surface area contributed by atoms with Crippen LogP contribution in [0.1, 0.15) is 55.6 Å². The molecule has 1 unspecified atom stereocenters. The van der Waals surface area contributed by atoms with Crippen LogP contribution in [0, 0.1) is 0 Å². The minimum Gasteiger partial charge on any atom is -0.497 e. The van der Waals surface area contributed by atoms with Crippen molar-refractivity contribution < 1.29 is 14.3 Å². The van der Waals surface area contributed by atoms with Gasteiger partial charge in [0.05, 0.1) is 25.3 Å². The van der Waals surface area contributed by atoms with Gasteiger partial charge in [0.1, 0.15) is 11.5 Å². The Kier molecular flexibility index (Phi) is 6.80. The number of carbonyl (C=O) groups excluding carboxylic acids is 1. The van der Waals surface area contributed by atoms with Gasteiger partial charge in [0, 0.05) is 11.6 Å². The van der Waals surface area contributed by atoms with Crippen LogP contribution in [-0.4, -0.2) is 43.2 Å². The minimum atomic E-state index is -0.217. The van der Waals surface area contributed by atoms with Crippen molar-refractivity contribution in [1.29, 1.82) is 0 Å². The molecule has 5 heteroatoms. The van der Waals surface area contributed by atoms with E-state index in [1.807, 2.05) is 25.1 Å². The highest BCUT2D eigenvalue weighted by Gasteiger charge is 2.39. The first kappa shape index (κ1) is 21.2. The first-order valence-corrected chi connectivity index (χ1v) is 10.4. The third-order valence-electron chi connectivity index (χ3n) is 5.77. The maximum Gasteiger partial charge on any atom is 0.255 e. The minimum absolute atomic E-state index is 0.141. The fourth-order valence-electron chi connectivity index (χ4n) is 4.09. The Morgan fingerprint density at radius 3 is 2.45 bits per heavy atom. The van der Waals surface area contributed by atoms with Crippen molar-refractivity contribution in [3.63, 3.8) is 0 Å². The molecule has 0 radical (unpaired) electrons. The number of nitrogens with zero attached hydrogens (tertiary/aromatic N) is 1. The molecule has 0 aliphatic carbocycles. The molecule has 1 fully saturated rings. The quantitative estimate of drug-likeness (QED) is 0.717. The van der Waals surface area contributed by atoms with Gasteiger partial charge in [-0.1, -0.05) is 30.3 Å². The van der Waals surface area contributed by atoms with Gasteiger partial charge in [-0.25, -0.2) is 0 Å². The van der Waals surface area contributed by atoms with Crippen LogP contribution in [0.5, 0.6) is 11.5 Å². The average molecular weight is 397 g/mol. The molecule has 1 saturated heterocycles. The third-order valence-corrected chi connectivity index (χ3v) is 5.77. The van der Waals surface area contributed by atoms with Crippen molar-refractivity contribution in [1.82, 2.24) is 10.2 Å². The lowest BCUT2D eigenvalue weighted by molar-refractivity contribution is 0.0775. The molecule has 1 N–H and O–H groups in total. The predicted molar refractivity (Wildman–Crippen MR) is 116 cm³/mol. The molecular formula is C24H32N2O3. The molecule has 3 rings (SSSR count). The van der Waals surface area contributed by atoms with E-state index >= 15 is 0 Å². The van der Waals surface area contributed by atoms with Crippen molar-refractivity contribution in [2.75, 3.05) is 26.8 Å². The molecule has 0 aromatic heterocycles. The van der Waals surface area contributed by atoms with Crippen molar-refractivity contribution in [2.45, 2.75) is 45.2 Å². The Bertz CT molecular complexity index is 814. The maximum atomic E-state index is 13.3. The zero-order valence-electron chi connectivity index (χ0n) is 17.9. The van der Waals surface area contributed by atoms with Crippen LogP contribution < -0.4 is 14.8 Å². The van der Waals surface area contributed by atoms with E-state index < -0.39 is 0 Å². The second kappa shape index (κ2) is 9.31. The molecule has 2 aromatic rings. The first-order valence-electron chi connectivity index (χ1n) is 10.4. The number of methoxy groups -OCH3 is 1. The van der Waals surface area contributed by atoms with Crippen molar-refractivity contribution in [3.8, 4) is 11.5 Å². The largest absolute Gasteiger partial charge is 0.497 e. The van der Waals surface area contributed by atoms with Crippen LogP contribution in [0.3, 0.4) is 0 Å². The van der Waals surface area contributed by atoms with Crippen molar-refractivity contribution >= 4 is 5.91 Å². The summed E-state index contributed by atoms with van der Waals surface area (Å²) in [5.41, 5.74) is 1.40. The number of ether oxygens (including phenoxy) is 2. The van der Waals surface area contributed by atoms with Crippen LogP contribution >= 0.6 is 0 Å². The zero-order valence-corrected chi connectivity index (χ0v) is 17.9. The Hall–Kier alpha value is -2.53. The first-order chi connectivity index (χ1) is 14.0. The van der Waals surface area contributed by atoms with E-state index in [0.29, 0.717) is 23.7 Å². The molecule has 29 heavy (non-hydrogen) atoms. The fraction of sp³-hybridized carbons (Fsp3) is 0.458. The number of likely N-dealkylation sites (tertiary alicyclic amines) is 1. The van der Waals surface area contributed by atoms with Gasteiger partial charge < -0.3 is 14.8 Å². The van der Waals surface area contributed by atoms with Crippen LogP contribution in [-0.2, 0) is 0 Å². The van der Waals surface area contributed by atoms with Gasteiger partial charge in [0.15, 0.2) is 0 Å². The van der Waals surface area contributed by atoms with E-state index in [9.17, 15) is 4.79 Å². The summed E-state index contributed by atoms with van der Waals surface area (Å²) in [6, 6.07) is 15.4. The summed E-state index contributed by atoms with van der Waals surface area (Å²) in [6.45, 7) is 8.93. The second-order valence-electron chi connectivity index (χ2n) is 7.96. The van der Waals surface area contributed by atoms with Gasteiger partial charge in [-0.15, -0.1) is 0 Å².